The molecule has 0 unspecified atom stereocenters. The summed E-state index contributed by atoms with van der Waals surface area (Å²) in [6, 6.07) is 4.76. The van der Waals surface area contributed by atoms with Crippen LogP contribution in [-0.4, -0.2) is 7.11 Å². The Morgan fingerprint density at radius 2 is 2.14 bits per heavy atom. The minimum atomic E-state index is -0.348. The molecule has 2 N–H and O–H groups in total. The Morgan fingerprint density at radius 3 is 2.64 bits per heavy atom. The molecule has 0 aliphatic carbocycles. The Labute approximate surface area is 89.7 Å². The van der Waals surface area contributed by atoms with Crippen molar-refractivity contribution in [3.63, 3.8) is 0 Å². The largest absolute Gasteiger partial charge is 0.494 e. The summed E-state index contributed by atoms with van der Waals surface area (Å²) in [5.74, 6) is -0.0965. The zero-order valence-corrected chi connectivity index (χ0v) is 9.10. The van der Waals surface area contributed by atoms with E-state index >= 15 is 0 Å². The normalized spacial score (nSPS) is 11.7. The van der Waals surface area contributed by atoms with Gasteiger partial charge in [0.25, 0.3) is 0 Å². The van der Waals surface area contributed by atoms with Crippen LogP contribution in [0.3, 0.4) is 0 Å². The lowest BCUT2D eigenvalue weighted by molar-refractivity contribution is 0.382. The maximum absolute atomic E-state index is 13.5. The van der Waals surface area contributed by atoms with Gasteiger partial charge in [-0.05, 0) is 12.5 Å². The quantitative estimate of drug-likeness (QED) is 0.849. The van der Waals surface area contributed by atoms with Gasteiger partial charge in [0.15, 0.2) is 11.6 Å². The lowest BCUT2D eigenvalue weighted by Gasteiger charge is -2.12. The highest BCUT2D eigenvalue weighted by molar-refractivity contribution is 5.85. The molecule has 0 radical (unpaired) electrons. The lowest BCUT2D eigenvalue weighted by Crippen LogP contribution is -2.11. The van der Waals surface area contributed by atoms with Crippen molar-refractivity contribution in [3.8, 4) is 5.75 Å². The maximum Gasteiger partial charge on any atom is 0.169 e. The second-order valence-corrected chi connectivity index (χ2v) is 2.88. The molecule has 1 aromatic carbocycles. The second kappa shape index (κ2) is 5.83. The highest BCUT2D eigenvalue weighted by atomic mass is 35.5. The van der Waals surface area contributed by atoms with E-state index in [1.165, 1.54) is 7.11 Å². The molecule has 0 bridgehead atoms. The molecule has 0 spiro atoms. The predicted octanol–water partition coefficient (Wildman–Crippen LogP) is 2.67. The first-order chi connectivity index (χ1) is 6.20. The van der Waals surface area contributed by atoms with Gasteiger partial charge in [0.1, 0.15) is 0 Å². The second-order valence-electron chi connectivity index (χ2n) is 2.88. The molecule has 0 aliphatic heterocycles. The first kappa shape index (κ1) is 13.2. The summed E-state index contributed by atoms with van der Waals surface area (Å²) in [6.07, 6.45) is 0.712. The smallest absolute Gasteiger partial charge is 0.169 e. The van der Waals surface area contributed by atoms with E-state index in [2.05, 4.69) is 0 Å². The fourth-order valence-corrected chi connectivity index (χ4v) is 1.19. The number of methoxy groups -OCH3 is 1. The lowest BCUT2D eigenvalue weighted by atomic mass is 10.0. The zero-order valence-electron chi connectivity index (χ0n) is 8.29. The standard InChI is InChI=1S/C10H14FNO.ClH/c1-3-8(12)7-5-4-6-9(13-2)10(7)11;/h4-6,8H,3,12H2,1-2H3;1H/t8-;/m0./s1. The van der Waals surface area contributed by atoms with Gasteiger partial charge >= 0.3 is 0 Å². The molecule has 0 aromatic heterocycles. The molecular formula is C10H15ClFNO. The van der Waals surface area contributed by atoms with E-state index in [0.717, 1.165) is 0 Å². The number of hydrogen-bond donors (Lipinski definition) is 1. The van der Waals surface area contributed by atoms with Crippen molar-refractivity contribution in [1.29, 1.82) is 0 Å². The molecule has 0 fully saturated rings. The van der Waals surface area contributed by atoms with Crippen molar-refractivity contribution >= 4 is 12.4 Å². The number of ether oxygens (including phenoxy) is 1. The fraction of sp³-hybridized carbons (Fsp3) is 0.400. The predicted molar refractivity (Wildman–Crippen MR) is 57.4 cm³/mol. The molecule has 0 saturated carbocycles. The van der Waals surface area contributed by atoms with Crippen LogP contribution in [-0.2, 0) is 0 Å². The number of rotatable bonds is 3. The van der Waals surface area contributed by atoms with Crippen molar-refractivity contribution in [1.82, 2.24) is 0 Å². The van der Waals surface area contributed by atoms with Gasteiger partial charge in [0, 0.05) is 11.6 Å². The van der Waals surface area contributed by atoms with Gasteiger partial charge in [-0.3, -0.25) is 0 Å². The molecule has 0 saturated heterocycles. The molecule has 1 atom stereocenters. The van der Waals surface area contributed by atoms with E-state index in [4.69, 9.17) is 10.5 Å². The molecule has 80 valence electrons. The minimum Gasteiger partial charge on any atom is -0.494 e. The van der Waals surface area contributed by atoms with Crippen molar-refractivity contribution in [2.45, 2.75) is 19.4 Å². The summed E-state index contributed by atoms with van der Waals surface area (Å²) in [6.45, 7) is 1.92. The van der Waals surface area contributed by atoms with Gasteiger partial charge in [0.05, 0.1) is 7.11 Å². The Bertz CT molecular complexity index is 293. The topological polar surface area (TPSA) is 35.2 Å². The maximum atomic E-state index is 13.5. The van der Waals surface area contributed by atoms with Crippen molar-refractivity contribution in [2.75, 3.05) is 7.11 Å². The van der Waals surface area contributed by atoms with E-state index in [1.54, 1.807) is 18.2 Å². The highest BCUT2D eigenvalue weighted by Crippen LogP contribution is 2.24. The molecule has 0 heterocycles. The van der Waals surface area contributed by atoms with Gasteiger partial charge < -0.3 is 10.5 Å². The Kier molecular flexibility index (Phi) is 5.50. The van der Waals surface area contributed by atoms with Crippen LogP contribution in [0.15, 0.2) is 18.2 Å². The third-order valence-electron chi connectivity index (χ3n) is 2.05. The molecule has 2 nitrogen and oxygen atoms in total. The SMILES string of the molecule is CC[C@H](N)c1cccc(OC)c1F.Cl. The number of nitrogens with two attached hydrogens (primary N) is 1. The summed E-state index contributed by atoms with van der Waals surface area (Å²) in [5, 5.41) is 0. The highest BCUT2D eigenvalue weighted by Gasteiger charge is 2.12. The van der Waals surface area contributed by atoms with E-state index in [0.29, 0.717) is 12.0 Å². The van der Waals surface area contributed by atoms with Crippen molar-refractivity contribution in [3.05, 3.63) is 29.6 Å². The monoisotopic (exact) mass is 219 g/mol. The third kappa shape index (κ3) is 2.59. The van der Waals surface area contributed by atoms with Crippen LogP contribution in [0.25, 0.3) is 0 Å². The Morgan fingerprint density at radius 1 is 1.50 bits per heavy atom. The molecule has 1 aromatic rings. The molecule has 0 amide bonds. The van der Waals surface area contributed by atoms with Crippen LogP contribution in [0.5, 0.6) is 5.75 Å². The number of benzene rings is 1. The first-order valence-corrected chi connectivity index (χ1v) is 4.28. The molecular weight excluding hydrogens is 205 g/mol. The number of hydrogen-bond acceptors (Lipinski definition) is 2. The van der Waals surface area contributed by atoms with Crippen LogP contribution >= 0.6 is 12.4 Å². The fourth-order valence-electron chi connectivity index (χ4n) is 1.19. The van der Waals surface area contributed by atoms with Gasteiger partial charge in [-0.1, -0.05) is 19.1 Å². The third-order valence-corrected chi connectivity index (χ3v) is 2.05. The van der Waals surface area contributed by atoms with E-state index in [1.807, 2.05) is 6.92 Å². The van der Waals surface area contributed by atoms with E-state index in [9.17, 15) is 4.39 Å². The average Bonchev–Trinajstić information content (AvgIpc) is 2.17. The van der Waals surface area contributed by atoms with Crippen molar-refractivity contribution < 1.29 is 9.13 Å². The average molecular weight is 220 g/mol. The molecule has 4 heteroatoms. The van der Waals surface area contributed by atoms with E-state index in [-0.39, 0.29) is 30.0 Å². The van der Waals surface area contributed by atoms with Crippen LogP contribution in [0.2, 0.25) is 0 Å². The minimum absolute atomic E-state index is 0. The van der Waals surface area contributed by atoms with Crippen LogP contribution in [0.4, 0.5) is 4.39 Å². The Balaban J connectivity index is 0.00000169. The van der Waals surface area contributed by atoms with Gasteiger partial charge in [-0.2, -0.15) is 0 Å². The summed E-state index contributed by atoms with van der Waals surface area (Å²) < 4.78 is 18.4. The Hall–Kier alpha value is -0.800. The van der Waals surface area contributed by atoms with Crippen LogP contribution in [0.1, 0.15) is 24.9 Å². The first-order valence-electron chi connectivity index (χ1n) is 4.28. The van der Waals surface area contributed by atoms with Gasteiger partial charge in [0.2, 0.25) is 0 Å². The number of halogens is 2. The van der Waals surface area contributed by atoms with Crippen LogP contribution < -0.4 is 10.5 Å². The van der Waals surface area contributed by atoms with Crippen molar-refractivity contribution in [2.24, 2.45) is 5.73 Å². The van der Waals surface area contributed by atoms with E-state index < -0.39 is 0 Å². The van der Waals surface area contributed by atoms with Gasteiger partial charge in [-0.15, -0.1) is 12.4 Å². The summed E-state index contributed by atoms with van der Waals surface area (Å²) in [4.78, 5) is 0. The molecule has 14 heavy (non-hydrogen) atoms. The van der Waals surface area contributed by atoms with Crippen LogP contribution in [0, 0.1) is 5.82 Å². The molecule has 1 rings (SSSR count). The summed E-state index contributed by atoms with van der Waals surface area (Å²) in [7, 11) is 1.44. The zero-order chi connectivity index (χ0) is 9.84. The molecule has 0 aliphatic rings. The summed E-state index contributed by atoms with van der Waals surface area (Å²) >= 11 is 0. The summed E-state index contributed by atoms with van der Waals surface area (Å²) in [5.41, 5.74) is 6.24. The van der Waals surface area contributed by atoms with Gasteiger partial charge in [-0.25, -0.2) is 4.39 Å².